The van der Waals surface area contributed by atoms with Crippen molar-refractivity contribution in [1.82, 2.24) is 10.3 Å². The fraction of sp³-hybridized carbons (Fsp3) is 0.250. The van der Waals surface area contributed by atoms with Crippen LogP contribution >= 0.6 is 22.9 Å². The van der Waals surface area contributed by atoms with Gasteiger partial charge in [-0.3, -0.25) is 4.98 Å². The van der Waals surface area contributed by atoms with Gasteiger partial charge in [-0.2, -0.15) is 13.2 Å². The van der Waals surface area contributed by atoms with Gasteiger partial charge in [0.05, 0.1) is 21.6 Å². The van der Waals surface area contributed by atoms with Crippen LogP contribution < -0.4 is 5.32 Å². The lowest BCUT2D eigenvalue weighted by atomic mass is 10.1. The predicted molar refractivity (Wildman–Crippen MR) is 69.5 cm³/mol. The molecule has 102 valence electrons. The normalized spacial score (nSPS) is 13.5. The van der Waals surface area contributed by atoms with E-state index in [0.29, 0.717) is 10.0 Å². The van der Waals surface area contributed by atoms with Gasteiger partial charge >= 0.3 is 6.18 Å². The van der Waals surface area contributed by atoms with Crippen LogP contribution in [0.25, 0.3) is 0 Å². The highest BCUT2D eigenvalue weighted by atomic mass is 35.5. The van der Waals surface area contributed by atoms with Gasteiger partial charge in [-0.1, -0.05) is 11.6 Å². The molecule has 0 bridgehead atoms. The first-order valence-electron chi connectivity index (χ1n) is 5.37. The number of pyridine rings is 1. The predicted octanol–water partition coefficient (Wildman–Crippen LogP) is 4.12. The Hall–Kier alpha value is -1.11. The number of nitrogens with zero attached hydrogens (tertiary/aromatic N) is 1. The van der Waals surface area contributed by atoms with Crippen molar-refractivity contribution in [2.75, 3.05) is 7.05 Å². The minimum absolute atomic E-state index is 0.264. The van der Waals surface area contributed by atoms with E-state index < -0.39 is 11.7 Å². The van der Waals surface area contributed by atoms with Crippen molar-refractivity contribution < 1.29 is 13.2 Å². The zero-order valence-corrected chi connectivity index (χ0v) is 11.4. The van der Waals surface area contributed by atoms with E-state index in [9.17, 15) is 13.2 Å². The number of aromatic nitrogens is 1. The molecule has 2 aromatic rings. The number of thiophene rings is 1. The summed E-state index contributed by atoms with van der Waals surface area (Å²) in [6.45, 7) is 0. The van der Waals surface area contributed by atoms with Gasteiger partial charge in [-0.25, -0.2) is 0 Å². The molecule has 0 aliphatic heterocycles. The van der Waals surface area contributed by atoms with Crippen LogP contribution in [0.4, 0.5) is 13.2 Å². The molecule has 0 aliphatic carbocycles. The Morgan fingerprint density at radius 1 is 1.26 bits per heavy atom. The van der Waals surface area contributed by atoms with Crippen LogP contribution in [0.1, 0.15) is 22.2 Å². The second kappa shape index (κ2) is 5.48. The monoisotopic (exact) mass is 306 g/mol. The first kappa shape index (κ1) is 14.3. The summed E-state index contributed by atoms with van der Waals surface area (Å²) in [7, 11) is 1.72. The molecule has 0 saturated heterocycles. The average Bonchev–Trinajstić information content (AvgIpc) is 2.76. The van der Waals surface area contributed by atoms with Crippen molar-refractivity contribution in [3.05, 3.63) is 50.9 Å². The quantitative estimate of drug-likeness (QED) is 0.922. The lowest BCUT2D eigenvalue weighted by Gasteiger charge is -2.14. The maximum Gasteiger partial charge on any atom is 0.417 e. The smallest absolute Gasteiger partial charge is 0.307 e. The molecule has 0 amide bonds. The lowest BCUT2D eigenvalue weighted by Crippen LogP contribution is -2.18. The van der Waals surface area contributed by atoms with Crippen molar-refractivity contribution >= 4 is 22.9 Å². The van der Waals surface area contributed by atoms with E-state index in [0.717, 1.165) is 17.1 Å². The molecule has 0 radical (unpaired) electrons. The van der Waals surface area contributed by atoms with Gasteiger partial charge < -0.3 is 5.32 Å². The highest BCUT2D eigenvalue weighted by Gasteiger charge is 2.31. The number of hydrogen-bond acceptors (Lipinski definition) is 3. The molecule has 2 heterocycles. The highest BCUT2D eigenvalue weighted by molar-refractivity contribution is 7.16. The molecule has 0 aliphatic rings. The van der Waals surface area contributed by atoms with Gasteiger partial charge in [0.2, 0.25) is 0 Å². The molecule has 0 spiro atoms. The molecule has 2 rings (SSSR count). The standard InChI is InChI=1S/C12H10ClF3N2S/c1-17-11(9-4-5-10(13)19-9)8-3-2-7(6-18-8)12(14,15)16/h2-6,11,17H,1H3. The zero-order chi connectivity index (χ0) is 14.0. The van der Waals surface area contributed by atoms with Crippen molar-refractivity contribution in [3.8, 4) is 0 Å². The molecule has 1 atom stereocenters. The SMILES string of the molecule is CNC(c1ccc(C(F)(F)F)cn1)c1ccc(Cl)s1. The summed E-state index contributed by atoms with van der Waals surface area (Å²) in [6.07, 6.45) is -3.53. The van der Waals surface area contributed by atoms with Crippen molar-refractivity contribution in [2.24, 2.45) is 0 Å². The second-order valence-corrected chi connectivity index (χ2v) is 5.58. The summed E-state index contributed by atoms with van der Waals surface area (Å²) < 4.78 is 38.0. The Bertz CT molecular complexity index is 551. The number of rotatable bonds is 3. The van der Waals surface area contributed by atoms with E-state index in [1.165, 1.54) is 17.4 Å². The summed E-state index contributed by atoms with van der Waals surface area (Å²) in [4.78, 5) is 4.79. The Morgan fingerprint density at radius 2 is 2.00 bits per heavy atom. The first-order chi connectivity index (χ1) is 8.91. The third kappa shape index (κ3) is 3.26. The second-order valence-electron chi connectivity index (χ2n) is 3.83. The third-order valence-corrected chi connectivity index (χ3v) is 3.87. The fourth-order valence-corrected chi connectivity index (χ4v) is 2.85. The van der Waals surface area contributed by atoms with E-state index in [-0.39, 0.29) is 6.04 Å². The zero-order valence-electron chi connectivity index (χ0n) is 9.83. The molecular weight excluding hydrogens is 297 g/mol. The van der Waals surface area contributed by atoms with E-state index >= 15 is 0 Å². The van der Waals surface area contributed by atoms with E-state index in [1.807, 2.05) is 6.07 Å². The minimum atomic E-state index is -4.37. The van der Waals surface area contributed by atoms with Crippen molar-refractivity contribution in [3.63, 3.8) is 0 Å². The molecule has 1 N–H and O–H groups in total. The van der Waals surface area contributed by atoms with Crippen LogP contribution in [0.15, 0.2) is 30.5 Å². The van der Waals surface area contributed by atoms with Gasteiger partial charge in [0, 0.05) is 11.1 Å². The molecule has 2 aromatic heterocycles. The van der Waals surface area contributed by atoms with Crippen molar-refractivity contribution in [2.45, 2.75) is 12.2 Å². The lowest BCUT2D eigenvalue weighted by molar-refractivity contribution is -0.137. The Labute approximate surface area is 117 Å². The van der Waals surface area contributed by atoms with E-state index in [4.69, 9.17) is 11.6 Å². The molecule has 0 saturated carbocycles. The number of alkyl halides is 3. The summed E-state index contributed by atoms with van der Waals surface area (Å²) in [6, 6.07) is 5.71. The van der Waals surface area contributed by atoms with Gasteiger partial charge in [0.1, 0.15) is 0 Å². The highest BCUT2D eigenvalue weighted by Crippen LogP contribution is 2.32. The molecule has 7 heteroatoms. The van der Waals surface area contributed by atoms with Crippen LogP contribution in [0, 0.1) is 0 Å². The Kier molecular flexibility index (Phi) is 4.13. The maximum absolute atomic E-state index is 12.5. The number of nitrogens with one attached hydrogen (secondary N) is 1. The van der Waals surface area contributed by atoms with Gasteiger partial charge in [-0.15, -0.1) is 11.3 Å². The third-order valence-electron chi connectivity index (χ3n) is 2.58. The number of hydrogen-bond donors (Lipinski definition) is 1. The van der Waals surface area contributed by atoms with Crippen LogP contribution in [0.2, 0.25) is 4.34 Å². The van der Waals surface area contributed by atoms with Gasteiger partial charge in [-0.05, 0) is 31.3 Å². The van der Waals surface area contributed by atoms with E-state index in [1.54, 1.807) is 13.1 Å². The molecule has 2 nitrogen and oxygen atoms in total. The summed E-state index contributed by atoms with van der Waals surface area (Å²) in [5.41, 5.74) is -0.232. The topological polar surface area (TPSA) is 24.9 Å². The van der Waals surface area contributed by atoms with Gasteiger partial charge in [0.15, 0.2) is 0 Å². The van der Waals surface area contributed by atoms with Gasteiger partial charge in [0.25, 0.3) is 0 Å². The Morgan fingerprint density at radius 3 is 2.42 bits per heavy atom. The summed E-state index contributed by atoms with van der Waals surface area (Å²) >= 11 is 7.22. The first-order valence-corrected chi connectivity index (χ1v) is 6.57. The molecule has 1 unspecified atom stereocenters. The van der Waals surface area contributed by atoms with Crippen LogP contribution in [-0.2, 0) is 6.18 Å². The van der Waals surface area contributed by atoms with E-state index in [2.05, 4.69) is 10.3 Å². The molecule has 0 aromatic carbocycles. The molecular formula is C12H10ClF3N2S. The molecule has 19 heavy (non-hydrogen) atoms. The summed E-state index contributed by atoms with van der Waals surface area (Å²) in [5.74, 6) is 0. The van der Waals surface area contributed by atoms with Crippen LogP contribution in [0.3, 0.4) is 0 Å². The van der Waals surface area contributed by atoms with Crippen LogP contribution in [-0.4, -0.2) is 12.0 Å². The average molecular weight is 307 g/mol. The summed E-state index contributed by atoms with van der Waals surface area (Å²) in [5, 5.41) is 3.01. The van der Waals surface area contributed by atoms with Crippen LogP contribution in [0.5, 0.6) is 0 Å². The Balaban J connectivity index is 2.30. The van der Waals surface area contributed by atoms with Crippen molar-refractivity contribution in [1.29, 1.82) is 0 Å². The fourth-order valence-electron chi connectivity index (χ4n) is 1.66. The minimum Gasteiger partial charge on any atom is -0.307 e. The largest absolute Gasteiger partial charge is 0.417 e. The number of halogens is 4. The maximum atomic E-state index is 12.5. The molecule has 0 fully saturated rings.